The number of esters is 1. The highest BCUT2D eigenvalue weighted by molar-refractivity contribution is 5.89. The van der Waals surface area contributed by atoms with E-state index in [-0.39, 0.29) is 35.2 Å². The first-order valence-electron chi connectivity index (χ1n) is 9.67. The van der Waals surface area contributed by atoms with Gasteiger partial charge in [0.15, 0.2) is 5.60 Å². The predicted octanol–water partition coefficient (Wildman–Crippen LogP) is 2.78. The van der Waals surface area contributed by atoms with Crippen LogP contribution in [0, 0.1) is 5.82 Å². The van der Waals surface area contributed by atoms with Crippen molar-refractivity contribution < 1.29 is 19.0 Å². The van der Waals surface area contributed by atoms with Gasteiger partial charge in [-0.05, 0) is 30.5 Å². The van der Waals surface area contributed by atoms with Crippen LogP contribution in [-0.4, -0.2) is 20.6 Å². The summed E-state index contributed by atoms with van der Waals surface area (Å²) in [5, 5.41) is 11.7. The van der Waals surface area contributed by atoms with Crippen LogP contribution in [0.5, 0.6) is 0 Å². The van der Waals surface area contributed by atoms with Crippen molar-refractivity contribution in [3.8, 4) is 11.4 Å². The zero-order valence-corrected chi connectivity index (χ0v) is 16.1. The van der Waals surface area contributed by atoms with E-state index >= 15 is 0 Å². The summed E-state index contributed by atoms with van der Waals surface area (Å²) in [4.78, 5) is 30.0. The molecule has 0 spiro atoms. The van der Waals surface area contributed by atoms with E-state index in [1.807, 2.05) is 13.0 Å². The maximum absolute atomic E-state index is 14.5. The van der Waals surface area contributed by atoms with Gasteiger partial charge >= 0.3 is 5.97 Å². The molecular formula is C22H19FN2O4. The van der Waals surface area contributed by atoms with Crippen molar-refractivity contribution in [3.63, 3.8) is 0 Å². The maximum Gasteiger partial charge on any atom is 0.343 e. The van der Waals surface area contributed by atoms with Crippen molar-refractivity contribution in [2.45, 2.75) is 45.4 Å². The van der Waals surface area contributed by atoms with Gasteiger partial charge in [-0.1, -0.05) is 26.0 Å². The minimum atomic E-state index is -1.87. The Balaban J connectivity index is 1.86. The lowest BCUT2D eigenvalue weighted by molar-refractivity contribution is -0.172. The summed E-state index contributed by atoms with van der Waals surface area (Å²) in [5.74, 6) is -1.19. The topological polar surface area (TPSA) is 81.4 Å². The fourth-order valence-corrected chi connectivity index (χ4v) is 4.55. The molecule has 1 aromatic carbocycles. The van der Waals surface area contributed by atoms with Crippen LogP contribution >= 0.6 is 0 Å². The lowest BCUT2D eigenvalue weighted by atomic mass is 9.86. The van der Waals surface area contributed by atoms with E-state index in [1.165, 1.54) is 6.07 Å². The summed E-state index contributed by atoms with van der Waals surface area (Å²) < 4.78 is 21.2. The van der Waals surface area contributed by atoms with Gasteiger partial charge in [0, 0.05) is 16.5 Å². The third kappa shape index (κ3) is 2.22. The van der Waals surface area contributed by atoms with Gasteiger partial charge in [0.25, 0.3) is 5.56 Å². The molecule has 0 unspecified atom stereocenters. The number of ether oxygens (including phenoxy) is 1. The van der Waals surface area contributed by atoms with Gasteiger partial charge < -0.3 is 14.4 Å². The molecule has 5 rings (SSSR count). The number of nitrogens with zero attached hydrogens (tertiary/aromatic N) is 2. The summed E-state index contributed by atoms with van der Waals surface area (Å²) in [7, 11) is 0. The summed E-state index contributed by atoms with van der Waals surface area (Å²) in [6.07, 6.45) is 0.738. The Kier molecular flexibility index (Phi) is 3.70. The molecule has 0 bridgehead atoms. The first-order chi connectivity index (χ1) is 13.9. The minimum absolute atomic E-state index is 0.0779. The Bertz CT molecular complexity index is 1280. The zero-order chi connectivity index (χ0) is 20.5. The van der Waals surface area contributed by atoms with Gasteiger partial charge in [0.1, 0.15) is 17.9 Å². The number of halogens is 1. The number of aliphatic hydroxyl groups is 1. The van der Waals surface area contributed by atoms with Crippen LogP contribution in [0.1, 0.15) is 42.5 Å². The predicted molar refractivity (Wildman–Crippen MR) is 104 cm³/mol. The first-order valence-corrected chi connectivity index (χ1v) is 9.67. The number of benzene rings is 1. The van der Waals surface area contributed by atoms with Crippen LogP contribution < -0.4 is 5.56 Å². The molecule has 7 heteroatoms. The van der Waals surface area contributed by atoms with Gasteiger partial charge in [-0.25, -0.2) is 14.2 Å². The van der Waals surface area contributed by atoms with E-state index < -0.39 is 17.4 Å². The van der Waals surface area contributed by atoms with Crippen LogP contribution in [-0.2, 0) is 34.7 Å². The Morgan fingerprint density at radius 3 is 2.79 bits per heavy atom. The molecule has 0 fully saturated rings. The average Bonchev–Trinajstić information content (AvgIpc) is 3.09. The quantitative estimate of drug-likeness (QED) is 0.529. The molecule has 148 valence electrons. The normalized spacial score (nSPS) is 19.7. The van der Waals surface area contributed by atoms with Crippen LogP contribution in [0.25, 0.3) is 22.3 Å². The monoisotopic (exact) mass is 394 g/mol. The van der Waals surface area contributed by atoms with E-state index in [0.29, 0.717) is 24.4 Å². The number of hydrogen-bond acceptors (Lipinski definition) is 5. The molecule has 2 aliphatic rings. The van der Waals surface area contributed by atoms with Crippen molar-refractivity contribution >= 4 is 16.9 Å². The lowest BCUT2D eigenvalue weighted by Gasteiger charge is -2.31. The molecule has 0 aliphatic carbocycles. The molecule has 0 saturated heterocycles. The zero-order valence-electron chi connectivity index (χ0n) is 16.1. The van der Waals surface area contributed by atoms with E-state index in [1.54, 1.807) is 23.6 Å². The summed E-state index contributed by atoms with van der Waals surface area (Å²) in [6.45, 7) is 3.79. The van der Waals surface area contributed by atoms with E-state index in [4.69, 9.17) is 4.74 Å². The highest BCUT2D eigenvalue weighted by atomic mass is 19.1. The molecular weight excluding hydrogens is 375 g/mol. The Hall–Kier alpha value is -3.06. The van der Waals surface area contributed by atoms with Crippen molar-refractivity contribution in [3.05, 3.63) is 62.7 Å². The highest BCUT2D eigenvalue weighted by Crippen LogP contribution is 2.40. The third-order valence-corrected chi connectivity index (χ3v) is 6.14. The Morgan fingerprint density at radius 2 is 2.07 bits per heavy atom. The number of carbonyl (C=O) groups excluding carboxylic acids is 1. The van der Waals surface area contributed by atoms with Gasteiger partial charge in [-0.2, -0.15) is 0 Å². The molecule has 1 N–H and O–H groups in total. The number of pyridine rings is 2. The second kappa shape index (κ2) is 5.97. The number of rotatable bonds is 2. The molecule has 3 aromatic rings. The van der Waals surface area contributed by atoms with Gasteiger partial charge in [-0.15, -0.1) is 0 Å². The molecule has 0 amide bonds. The Morgan fingerprint density at radius 1 is 1.28 bits per heavy atom. The van der Waals surface area contributed by atoms with Gasteiger partial charge in [0.05, 0.1) is 23.5 Å². The van der Waals surface area contributed by atoms with Crippen molar-refractivity contribution in [1.29, 1.82) is 0 Å². The summed E-state index contributed by atoms with van der Waals surface area (Å²) >= 11 is 0. The van der Waals surface area contributed by atoms with Crippen molar-refractivity contribution in [2.75, 3.05) is 0 Å². The molecule has 29 heavy (non-hydrogen) atoms. The number of carbonyl (C=O) groups is 1. The Labute approximate surface area is 165 Å². The van der Waals surface area contributed by atoms with Gasteiger partial charge in [0.2, 0.25) is 0 Å². The highest BCUT2D eigenvalue weighted by Gasteiger charge is 2.45. The average molecular weight is 394 g/mol. The minimum Gasteiger partial charge on any atom is -0.458 e. The van der Waals surface area contributed by atoms with Crippen LogP contribution in [0.15, 0.2) is 29.1 Å². The number of aromatic nitrogens is 2. The molecule has 2 aliphatic heterocycles. The fourth-order valence-electron chi connectivity index (χ4n) is 4.55. The smallest absolute Gasteiger partial charge is 0.343 e. The second-order valence-electron chi connectivity index (χ2n) is 7.51. The van der Waals surface area contributed by atoms with Crippen LogP contribution in [0.2, 0.25) is 0 Å². The third-order valence-electron chi connectivity index (χ3n) is 6.14. The number of aryl methyl sites for hydroxylation is 1. The van der Waals surface area contributed by atoms with E-state index in [9.17, 15) is 19.1 Å². The van der Waals surface area contributed by atoms with Crippen molar-refractivity contribution in [2.24, 2.45) is 0 Å². The van der Waals surface area contributed by atoms with Gasteiger partial charge in [-0.3, -0.25) is 4.79 Å². The largest absolute Gasteiger partial charge is 0.458 e. The second-order valence-corrected chi connectivity index (χ2v) is 7.51. The summed E-state index contributed by atoms with van der Waals surface area (Å²) in [5.41, 5.74) is 1.44. The first kappa shape index (κ1) is 18.0. The molecule has 6 nitrogen and oxygen atoms in total. The van der Waals surface area contributed by atoms with E-state index in [2.05, 4.69) is 4.98 Å². The SMILES string of the molecule is CCc1c2c(nc3c(F)cccc13)-c1cc3c(c(=O)n1C2)COC(=O)[C@]3(O)CC. The molecule has 1 atom stereocenters. The number of cyclic esters (lactones) is 1. The molecule has 2 aromatic heterocycles. The number of para-hydroxylation sites is 1. The molecule has 4 heterocycles. The lowest BCUT2D eigenvalue weighted by Crippen LogP contribution is -2.44. The fraction of sp³-hybridized carbons (Fsp3) is 0.318. The maximum atomic E-state index is 14.5. The standard InChI is InChI=1S/C22H19FN2O4/c1-3-11-12-6-5-7-16(23)18(12)24-19-13(11)9-25-17(19)8-15-14(20(25)26)10-29-21(27)22(15,28)4-2/h5-8,28H,3-4,9-10H2,1-2H3/t22-/m0/s1. The summed E-state index contributed by atoms with van der Waals surface area (Å²) in [6, 6.07) is 6.50. The van der Waals surface area contributed by atoms with Crippen LogP contribution in [0.3, 0.4) is 0 Å². The number of hydrogen-bond donors (Lipinski definition) is 1. The molecule has 0 saturated carbocycles. The van der Waals surface area contributed by atoms with Crippen molar-refractivity contribution in [1.82, 2.24) is 9.55 Å². The number of fused-ring (bicyclic) bond motifs is 5. The van der Waals surface area contributed by atoms with E-state index in [0.717, 1.165) is 16.5 Å². The molecule has 0 radical (unpaired) electrons. The van der Waals surface area contributed by atoms with Crippen LogP contribution in [0.4, 0.5) is 4.39 Å².